The van der Waals surface area contributed by atoms with E-state index in [1.807, 2.05) is 26.0 Å². The molecule has 6 heteroatoms. The molecule has 0 aromatic heterocycles. The highest BCUT2D eigenvalue weighted by molar-refractivity contribution is 9.10. The molecule has 2 atom stereocenters. The molecule has 0 spiro atoms. The Bertz CT molecular complexity index is 437. The lowest BCUT2D eigenvalue weighted by Crippen LogP contribution is -2.25. The Hall–Kier alpha value is -0.880. The van der Waals surface area contributed by atoms with Crippen molar-refractivity contribution in [1.82, 2.24) is 0 Å². The summed E-state index contributed by atoms with van der Waals surface area (Å²) in [5.41, 5.74) is 1.19. The molecule has 0 saturated carbocycles. The molecule has 1 rings (SSSR count). The summed E-state index contributed by atoms with van der Waals surface area (Å²) in [5, 5.41) is 5.62. The van der Waals surface area contributed by atoms with Crippen molar-refractivity contribution in [3.63, 3.8) is 0 Å². The Kier molecular flexibility index (Phi) is 7.23. The zero-order valence-electron chi connectivity index (χ0n) is 11.5. The van der Waals surface area contributed by atoms with Gasteiger partial charge in [0.05, 0.1) is 21.0 Å². The minimum absolute atomic E-state index is 0.125. The van der Waals surface area contributed by atoms with Crippen molar-refractivity contribution in [2.75, 3.05) is 10.6 Å². The fourth-order valence-corrected chi connectivity index (χ4v) is 1.72. The molecule has 0 aliphatic rings. The van der Waals surface area contributed by atoms with Crippen molar-refractivity contribution < 1.29 is 9.59 Å². The molecule has 0 heterocycles. The lowest BCUT2D eigenvalue weighted by atomic mass is 10.2. The number of halogens is 2. The number of nitrogens with one attached hydrogen (secondary N) is 2. The van der Waals surface area contributed by atoms with E-state index in [0.717, 1.165) is 0 Å². The molecule has 1 aromatic carbocycles. The van der Waals surface area contributed by atoms with Crippen LogP contribution in [0.15, 0.2) is 24.3 Å². The van der Waals surface area contributed by atoms with E-state index in [0.29, 0.717) is 24.2 Å². The lowest BCUT2D eigenvalue weighted by molar-refractivity contribution is -0.116. The first kappa shape index (κ1) is 17.2. The summed E-state index contributed by atoms with van der Waals surface area (Å²) in [4.78, 5) is 23.3. The Balaban J connectivity index is 2.83. The molecule has 1 aromatic rings. The van der Waals surface area contributed by atoms with Crippen LogP contribution in [0, 0.1) is 0 Å². The van der Waals surface area contributed by atoms with Gasteiger partial charge in [0, 0.05) is 0 Å². The minimum Gasteiger partial charge on any atom is -0.323 e. The van der Waals surface area contributed by atoms with Crippen molar-refractivity contribution in [1.29, 1.82) is 0 Å². The van der Waals surface area contributed by atoms with Crippen molar-refractivity contribution in [3.05, 3.63) is 24.3 Å². The molecule has 110 valence electrons. The first-order chi connectivity index (χ1) is 9.49. The van der Waals surface area contributed by atoms with Crippen LogP contribution in [0.25, 0.3) is 0 Å². The lowest BCUT2D eigenvalue weighted by Gasteiger charge is -2.15. The van der Waals surface area contributed by atoms with E-state index in [4.69, 9.17) is 0 Å². The number of carbonyl (C=O) groups is 2. The monoisotopic (exact) mass is 404 g/mol. The van der Waals surface area contributed by atoms with Gasteiger partial charge in [0.25, 0.3) is 0 Å². The standard InChI is InChI=1S/C14H18Br2N2O2/c1-3-9(15)13(19)17-11-7-5-6-8-12(11)18-14(20)10(16)4-2/h5-10H,3-4H2,1-2H3,(H,17,19)(H,18,20)/t9-,10-/m1/s1. The molecule has 0 radical (unpaired) electrons. The fourth-order valence-electron chi connectivity index (χ4n) is 1.49. The molecule has 2 amide bonds. The quantitative estimate of drug-likeness (QED) is 0.705. The first-order valence-corrected chi connectivity index (χ1v) is 8.31. The van der Waals surface area contributed by atoms with Gasteiger partial charge in [-0.2, -0.15) is 0 Å². The summed E-state index contributed by atoms with van der Waals surface area (Å²) in [7, 11) is 0. The molecule has 0 aliphatic carbocycles. The minimum atomic E-state index is -0.245. The number of benzene rings is 1. The Morgan fingerprint density at radius 1 is 0.950 bits per heavy atom. The predicted octanol–water partition coefficient (Wildman–Crippen LogP) is 3.91. The van der Waals surface area contributed by atoms with Crippen molar-refractivity contribution in [3.8, 4) is 0 Å². The number of amides is 2. The van der Waals surface area contributed by atoms with Crippen LogP contribution in [0.5, 0.6) is 0 Å². The van der Waals surface area contributed by atoms with Gasteiger partial charge >= 0.3 is 0 Å². The summed E-state index contributed by atoms with van der Waals surface area (Å²) in [6, 6.07) is 7.15. The van der Waals surface area contributed by atoms with Gasteiger partial charge in [-0.25, -0.2) is 0 Å². The normalized spacial score (nSPS) is 13.4. The summed E-state index contributed by atoms with van der Waals surface area (Å²) in [5.74, 6) is -0.250. The van der Waals surface area contributed by atoms with E-state index < -0.39 is 0 Å². The Morgan fingerprint density at radius 2 is 1.30 bits per heavy atom. The maximum Gasteiger partial charge on any atom is 0.238 e. The number of para-hydroxylation sites is 2. The number of rotatable bonds is 6. The number of hydrogen-bond acceptors (Lipinski definition) is 2. The third-order valence-electron chi connectivity index (χ3n) is 2.73. The summed E-state index contributed by atoms with van der Waals surface area (Å²) in [6.45, 7) is 3.84. The van der Waals surface area contributed by atoms with Crippen molar-refractivity contribution >= 4 is 55.0 Å². The number of hydrogen-bond donors (Lipinski definition) is 2. The van der Waals surface area contributed by atoms with Crippen LogP contribution >= 0.6 is 31.9 Å². The molecule has 20 heavy (non-hydrogen) atoms. The zero-order valence-corrected chi connectivity index (χ0v) is 14.6. The second-order valence-electron chi connectivity index (χ2n) is 4.28. The van der Waals surface area contributed by atoms with E-state index in [9.17, 15) is 9.59 Å². The molecular formula is C14H18Br2N2O2. The Morgan fingerprint density at radius 3 is 1.60 bits per heavy atom. The maximum absolute atomic E-state index is 11.9. The van der Waals surface area contributed by atoms with Gasteiger partial charge in [0.1, 0.15) is 0 Å². The molecule has 0 fully saturated rings. The maximum atomic E-state index is 11.9. The highest BCUT2D eigenvalue weighted by atomic mass is 79.9. The zero-order chi connectivity index (χ0) is 15.1. The second kappa shape index (κ2) is 8.42. The van der Waals surface area contributed by atoms with Gasteiger partial charge in [-0.3, -0.25) is 9.59 Å². The SMILES string of the molecule is CC[C@@H](Br)C(=O)Nc1ccccc1NC(=O)[C@H](Br)CC. The van der Waals surface area contributed by atoms with Gasteiger partial charge < -0.3 is 10.6 Å². The molecular weight excluding hydrogens is 388 g/mol. The third kappa shape index (κ3) is 4.90. The van der Waals surface area contributed by atoms with E-state index in [2.05, 4.69) is 42.5 Å². The molecule has 0 unspecified atom stereocenters. The molecule has 0 saturated heterocycles. The van der Waals surface area contributed by atoms with Gasteiger partial charge in [-0.15, -0.1) is 0 Å². The van der Waals surface area contributed by atoms with Crippen LogP contribution in [0.3, 0.4) is 0 Å². The van der Waals surface area contributed by atoms with Gasteiger partial charge in [-0.05, 0) is 25.0 Å². The summed E-state index contributed by atoms with van der Waals surface area (Å²) < 4.78 is 0. The van der Waals surface area contributed by atoms with Crippen LogP contribution in [0.1, 0.15) is 26.7 Å². The Labute approximate surface area is 136 Å². The highest BCUT2D eigenvalue weighted by Gasteiger charge is 2.17. The van der Waals surface area contributed by atoms with Crippen LogP contribution in [0.4, 0.5) is 11.4 Å². The van der Waals surface area contributed by atoms with Crippen LogP contribution in [-0.2, 0) is 9.59 Å². The van der Waals surface area contributed by atoms with Gasteiger partial charge in [0.15, 0.2) is 0 Å². The van der Waals surface area contributed by atoms with Crippen LogP contribution in [-0.4, -0.2) is 21.5 Å². The van der Waals surface area contributed by atoms with Crippen molar-refractivity contribution in [2.45, 2.75) is 36.3 Å². The average Bonchev–Trinajstić information content (AvgIpc) is 2.47. The van der Waals surface area contributed by atoms with Gasteiger partial charge in [0.2, 0.25) is 11.8 Å². The summed E-state index contributed by atoms with van der Waals surface area (Å²) >= 11 is 6.61. The van der Waals surface area contributed by atoms with Crippen LogP contribution in [0.2, 0.25) is 0 Å². The molecule has 2 N–H and O–H groups in total. The van der Waals surface area contributed by atoms with Crippen molar-refractivity contribution in [2.24, 2.45) is 0 Å². The topological polar surface area (TPSA) is 58.2 Å². The number of anilines is 2. The van der Waals surface area contributed by atoms with E-state index in [-0.39, 0.29) is 21.5 Å². The molecule has 0 aliphatic heterocycles. The molecule has 0 bridgehead atoms. The van der Waals surface area contributed by atoms with Crippen LogP contribution < -0.4 is 10.6 Å². The second-order valence-corrected chi connectivity index (χ2v) is 6.49. The smallest absolute Gasteiger partial charge is 0.238 e. The molecule has 4 nitrogen and oxygen atoms in total. The third-order valence-corrected chi connectivity index (χ3v) is 4.86. The predicted molar refractivity (Wildman–Crippen MR) is 89.7 cm³/mol. The largest absolute Gasteiger partial charge is 0.323 e. The summed E-state index contributed by atoms with van der Waals surface area (Å²) in [6.07, 6.45) is 1.39. The number of alkyl halides is 2. The van der Waals surface area contributed by atoms with E-state index >= 15 is 0 Å². The number of carbonyl (C=O) groups excluding carboxylic acids is 2. The fraction of sp³-hybridized carbons (Fsp3) is 0.429. The average molecular weight is 406 g/mol. The van der Waals surface area contributed by atoms with E-state index in [1.165, 1.54) is 0 Å². The first-order valence-electron chi connectivity index (χ1n) is 6.48. The van der Waals surface area contributed by atoms with Gasteiger partial charge in [-0.1, -0.05) is 57.8 Å². The van der Waals surface area contributed by atoms with E-state index in [1.54, 1.807) is 12.1 Å². The highest BCUT2D eigenvalue weighted by Crippen LogP contribution is 2.23.